The predicted molar refractivity (Wildman–Crippen MR) is 133 cm³/mol. The quantitative estimate of drug-likeness (QED) is 0.543. The average Bonchev–Trinajstić information content (AvgIpc) is 3.25. The lowest BCUT2D eigenvalue weighted by atomic mass is 10.1. The van der Waals surface area contributed by atoms with Gasteiger partial charge in [-0.2, -0.15) is 0 Å². The Kier molecular flexibility index (Phi) is 7.33. The molecule has 0 radical (unpaired) electrons. The van der Waals surface area contributed by atoms with Crippen LogP contribution in [0, 0.1) is 0 Å². The Hall–Kier alpha value is -2.53. The smallest absolute Gasteiger partial charge is 0.328 e. The summed E-state index contributed by atoms with van der Waals surface area (Å²) in [5, 5.41) is 0. The molecule has 4 aliphatic heterocycles. The molecule has 0 saturated carbocycles. The number of hydrogen-bond acceptors (Lipinski definition) is 8. The van der Waals surface area contributed by atoms with E-state index in [1.165, 1.54) is 10.5 Å². The van der Waals surface area contributed by atoms with Crippen molar-refractivity contribution < 1.29 is 14.3 Å². The molecule has 10 heteroatoms. The molecule has 0 spiro atoms. The van der Waals surface area contributed by atoms with Crippen LogP contribution in [-0.4, -0.2) is 146 Å². The van der Waals surface area contributed by atoms with E-state index in [1.54, 1.807) is 19.0 Å². The van der Waals surface area contributed by atoms with Crippen molar-refractivity contribution in [3.8, 4) is 0 Å². The third-order valence-electron chi connectivity index (χ3n) is 7.64. The number of piperazine rings is 1. The molecule has 35 heavy (non-hydrogen) atoms. The van der Waals surface area contributed by atoms with Crippen LogP contribution >= 0.6 is 0 Å². The lowest BCUT2D eigenvalue weighted by molar-refractivity contribution is -0.136. The molecule has 3 saturated heterocycles. The predicted octanol–water partition coefficient (Wildman–Crippen LogP) is 0.0690. The number of morpholine rings is 1. The Balaban J connectivity index is 1.24. The van der Waals surface area contributed by atoms with Gasteiger partial charge < -0.3 is 14.5 Å². The second-order valence-corrected chi connectivity index (χ2v) is 9.88. The number of ether oxygens (including phenoxy) is 1. The molecule has 5 rings (SSSR count). The Morgan fingerprint density at radius 1 is 0.857 bits per heavy atom. The maximum absolute atomic E-state index is 13.2. The largest absolute Gasteiger partial charge is 0.379 e. The molecule has 4 aliphatic rings. The number of carbonyl (C=O) groups is 2. The average molecular weight is 484 g/mol. The van der Waals surface area contributed by atoms with Gasteiger partial charge in [0.2, 0.25) is 0 Å². The maximum atomic E-state index is 13.2. The maximum Gasteiger partial charge on any atom is 0.328 e. The van der Waals surface area contributed by atoms with Crippen LogP contribution in [0.5, 0.6) is 0 Å². The Labute approximate surface area is 207 Å². The van der Waals surface area contributed by atoms with Gasteiger partial charge in [-0.1, -0.05) is 30.3 Å². The summed E-state index contributed by atoms with van der Waals surface area (Å²) >= 11 is 0. The van der Waals surface area contributed by atoms with Gasteiger partial charge >= 0.3 is 6.03 Å². The van der Waals surface area contributed by atoms with Gasteiger partial charge in [0.25, 0.3) is 5.91 Å². The molecular formula is C25H37N7O3. The first-order chi connectivity index (χ1) is 17.0. The normalized spacial score (nSPS) is 26.9. The van der Waals surface area contributed by atoms with Gasteiger partial charge in [-0.05, 0) is 5.56 Å². The van der Waals surface area contributed by atoms with E-state index in [4.69, 9.17) is 9.73 Å². The molecule has 10 nitrogen and oxygen atoms in total. The van der Waals surface area contributed by atoms with Gasteiger partial charge in [-0.15, -0.1) is 0 Å². The van der Waals surface area contributed by atoms with Crippen LogP contribution in [0.3, 0.4) is 0 Å². The number of imide groups is 1. The molecule has 1 aromatic carbocycles. The van der Waals surface area contributed by atoms with E-state index in [-0.39, 0.29) is 11.9 Å². The van der Waals surface area contributed by atoms with Gasteiger partial charge in [0.15, 0.2) is 12.2 Å². The molecule has 0 aromatic heterocycles. The summed E-state index contributed by atoms with van der Waals surface area (Å²) < 4.78 is 5.49. The van der Waals surface area contributed by atoms with E-state index in [1.807, 2.05) is 0 Å². The third-order valence-corrected chi connectivity index (χ3v) is 7.64. The second kappa shape index (κ2) is 10.6. The lowest BCUT2D eigenvalue weighted by Gasteiger charge is -2.41. The zero-order valence-electron chi connectivity index (χ0n) is 20.9. The van der Waals surface area contributed by atoms with Crippen LogP contribution in [-0.2, 0) is 16.1 Å². The number of amidine groups is 1. The monoisotopic (exact) mass is 483 g/mol. The molecule has 1 aromatic rings. The molecule has 4 heterocycles. The molecule has 0 bridgehead atoms. The molecule has 0 aliphatic carbocycles. The highest BCUT2D eigenvalue weighted by Gasteiger charge is 2.51. The fraction of sp³-hybridized carbons (Fsp3) is 0.640. The minimum absolute atomic E-state index is 0.161. The van der Waals surface area contributed by atoms with Crippen molar-refractivity contribution in [3.05, 3.63) is 35.9 Å². The molecule has 0 N–H and O–H groups in total. The van der Waals surface area contributed by atoms with Crippen molar-refractivity contribution in [3.63, 3.8) is 0 Å². The van der Waals surface area contributed by atoms with Crippen LogP contribution in [0.2, 0.25) is 0 Å². The Morgan fingerprint density at radius 2 is 1.51 bits per heavy atom. The number of benzene rings is 1. The topological polar surface area (TPSA) is 75.2 Å². The van der Waals surface area contributed by atoms with Gasteiger partial charge in [0.1, 0.15) is 5.84 Å². The standard InChI is InChI=1S/C25H37N7O3/c1-27-23-22(24(33)28(2)25(27)34)32(13-12-29-14-16-35-17-15-29)21(26-23)19-31-10-8-30(9-11-31)18-20-6-4-3-5-7-20/h3-7,22-23H,8-19H2,1-2H3. The Bertz CT molecular complexity index is 928. The molecule has 190 valence electrons. The fourth-order valence-corrected chi connectivity index (χ4v) is 5.44. The molecule has 2 atom stereocenters. The van der Waals surface area contributed by atoms with E-state index in [9.17, 15) is 9.59 Å². The number of likely N-dealkylation sites (N-methyl/N-ethyl adjacent to an activating group) is 2. The summed E-state index contributed by atoms with van der Waals surface area (Å²) in [6, 6.07) is 9.87. The summed E-state index contributed by atoms with van der Waals surface area (Å²) in [7, 11) is 3.32. The molecular weight excluding hydrogens is 446 g/mol. The molecule has 3 amide bonds. The number of urea groups is 1. The van der Waals surface area contributed by atoms with Crippen molar-refractivity contribution in [2.45, 2.75) is 18.8 Å². The number of carbonyl (C=O) groups excluding carboxylic acids is 2. The first-order valence-electron chi connectivity index (χ1n) is 12.7. The highest BCUT2D eigenvalue weighted by molar-refractivity contribution is 6.04. The van der Waals surface area contributed by atoms with E-state index in [0.717, 1.165) is 78.0 Å². The fourth-order valence-electron chi connectivity index (χ4n) is 5.44. The number of hydrogen-bond donors (Lipinski definition) is 0. The summed E-state index contributed by atoms with van der Waals surface area (Å²) in [6.45, 7) is 10.5. The van der Waals surface area contributed by atoms with E-state index >= 15 is 0 Å². The molecule has 2 unspecified atom stereocenters. The van der Waals surface area contributed by atoms with Gasteiger partial charge in [-0.25, -0.2) is 9.79 Å². The number of fused-ring (bicyclic) bond motifs is 1. The minimum atomic E-state index is -0.453. The van der Waals surface area contributed by atoms with Gasteiger partial charge in [0, 0.05) is 73.0 Å². The second-order valence-electron chi connectivity index (χ2n) is 9.88. The van der Waals surface area contributed by atoms with Crippen LogP contribution in [0.4, 0.5) is 4.79 Å². The van der Waals surface area contributed by atoms with Crippen molar-refractivity contribution in [2.75, 3.05) is 86.2 Å². The van der Waals surface area contributed by atoms with Crippen LogP contribution in [0.15, 0.2) is 35.3 Å². The first kappa shape index (κ1) is 24.2. The summed E-state index contributed by atoms with van der Waals surface area (Å²) in [5.41, 5.74) is 1.34. The van der Waals surface area contributed by atoms with Crippen molar-refractivity contribution in [1.29, 1.82) is 0 Å². The zero-order chi connectivity index (χ0) is 24.4. The summed E-state index contributed by atoms with van der Waals surface area (Å²) in [5.74, 6) is 0.763. The summed E-state index contributed by atoms with van der Waals surface area (Å²) in [4.78, 5) is 43.0. The van der Waals surface area contributed by atoms with Gasteiger partial charge in [0.05, 0.1) is 19.8 Å². The zero-order valence-corrected chi connectivity index (χ0v) is 20.9. The summed E-state index contributed by atoms with van der Waals surface area (Å²) in [6.07, 6.45) is -0.453. The lowest BCUT2D eigenvalue weighted by Crippen LogP contribution is -2.64. The van der Waals surface area contributed by atoms with E-state index in [2.05, 4.69) is 49.9 Å². The third kappa shape index (κ3) is 5.20. The first-order valence-corrected chi connectivity index (χ1v) is 12.7. The van der Waals surface area contributed by atoms with Crippen LogP contribution in [0.25, 0.3) is 0 Å². The van der Waals surface area contributed by atoms with Crippen molar-refractivity contribution in [2.24, 2.45) is 4.99 Å². The number of aliphatic imine (C=N–C) groups is 1. The number of nitrogens with zero attached hydrogens (tertiary/aromatic N) is 7. The molecule has 3 fully saturated rings. The minimum Gasteiger partial charge on any atom is -0.379 e. The van der Waals surface area contributed by atoms with Crippen LogP contribution in [0.1, 0.15) is 5.56 Å². The highest BCUT2D eigenvalue weighted by Crippen LogP contribution is 2.27. The SMILES string of the molecule is CN1C(=O)C2C(N=C(CN3CCN(Cc4ccccc4)CC3)N2CCN2CCOCC2)N(C)C1=O. The highest BCUT2D eigenvalue weighted by atomic mass is 16.5. The number of rotatable bonds is 7. The Morgan fingerprint density at radius 3 is 2.20 bits per heavy atom. The van der Waals surface area contributed by atoms with Crippen LogP contribution < -0.4 is 0 Å². The van der Waals surface area contributed by atoms with E-state index in [0.29, 0.717) is 6.54 Å². The van der Waals surface area contributed by atoms with E-state index < -0.39 is 12.2 Å². The van der Waals surface area contributed by atoms with Crippen molar-refractivity contribution >= 4 is 17.8 Å². The van der Waals surface area contributed by atoms with Crippen molar-refractivity contribution in [1.82, 2.24) is 29.4 Å². The van der Waals surface area contributed by atoms with Gasteiger partial charge in [-0.3, -0.25) is 24.4 Å². The number of amides is 3.